The van der Waals surface area contributed by atoms with Crippen LogP contribution in [0.1, 0.15) is 15.9 Å². The standard InChI is InChI=1S/C18H18N2O4/c1-23-14-5-2-12(3-6-14)8-9-19-18(22)13-4-7-15-16(10-13)24-11-17(21)20-15/h2-7,10H,8-9,11H2,1H3,(H,19,22)(H,20,21). The van der Waals surface area contributed by atoms with Gasteiger partial charge in [-0.3, -0.25) is 9.59 Å². The number of ether oxygens (including phenoxy) is 2. The fraction of sp³-hybridized carbons (Fsp3) is 0.222. The Morgan fingerprint density at radius 2 is 2.04 bits per heavy atom. The molecule has 2 aromatic rings. The molecule has 0 aromatic heterocycles. The molecule has 0 bridgehead atoms. The molecule has 24 heavy (non-hydrogen) atoms. The van der Waals surface area contributed by atoms with Crippen molar-refractivity contribution < 1.29 is 19.1 Å². The van der Waals surface area contributed by atoms with Crippen LogP contribution in [0.2, 0.25) is 0 Å². The second-order valence-corrected chi connectivity index (χ2v) is 5.40. The monoisotopic (exact) mass is 326 g/mol. The summed E-state index contributed by atoms with van der Waals surface area (Å²) in [4.78, 5) is 23.4. The van der Waals surface area contributed by atoms with Gasteiger partial charge in [0.2, 0.25) is 0 Å². The van der Waals surface area contributed by atoms with Crippen LogP contribution in [0, 0.1) is 0 Å². The van der Waals surface area contributed by atoms with Crippen molar-refractivity contribution in [2.45, 2.75) is 6.42 Å². The molecule has 2 aromatic carbocycles. The van der Waals surface area contributed by atoms with E-state index in [0.29, 0.717) is 23.5 Å². The van der Waals surface area contributed by atoms with Crippen molar-refractivity contribution in [2.75, 3.05) is 25.6 Å². The van der Waals surface area contributed by atoms with Gasteiger partial charge >= 0.3 is 0 Å². The molecule has 1 heterocycles. The van der Waals surface area contributed by atoms with Crippen molar-refractivity contribution in [1.82, 2.24) is 5.32 Å². The molecule has 0 fully saturated rings. The fourth-order valence-electron chi connectivity index (χ4n) is 2.43. The van der Waals surface area contributed by atoms with Gasteiger partial charge < -0.3 is 20.1 Å². The van der Waals surface area contributed by atoms with Gasteiger partial charge in [0.25, 0.3) is 11.8 Å². The topological polar surface area (TPSA) is 76.7 Å². The van der Waals surface area contributed by atoms with Gasteiger partial charge in [0.15, 0.2) is 6.61 Å². The van der Waals surface area contributed by atoms with Crippen LogP contribution in [0.25, 0.3) is 0 Å². The predicted octanol–water partition coefficient (Wildman–Crippen LogP) is 2.00. The Labute approximate surface area is 139 Å². The number of amides is 2. The minimum atomic E-state index is -0.195. The molecule has 6 heteroatoms. The molecule has 0 saturated carbocycles. The zero-order chi connectivity index (χ0) is 16.9. The number of nitrogens with one attached hydrogen (secondary N) is 2. The lowest BCUT2D eigenvalue weighted by Gasteiger charge is -2.18. The van der Waals surface area contributed by atoms with Crippen molar-refractivity contribution in [1.29, 1.82) is 0 Å². The minimum Gasteiger partial charge on any atom is -0.497 e. The van der Waals surface area contributed by atoms with Crippen molar-refractivity contribution in [3.8, 4) is 11.5 Å². The number of carbonyl (C=O) groups is 2. The first-order valence-corrected chi connectivity index (χ1v) is 7.63. The fourth-order valence-corrected chi connectivity index (χ4v) is 2.43. The third-order valence-corrected chi connectivity index (χ3v) is 3.73. The number of hydrogen-bond acceptors (Lipinski definition) is 4. The first kappa shape index (κ1) is 15.9. The average molecular weight is 326 g/mol. The molecule has 1 aliphatic heterocycles. The highest BCUT2D eigenvalue weighted by atomic mass is 16.5. The van der Waals surface area contributed by atoms with Crippen molar-refractivity contribution in [2.24, 2.45) is 0 Å². The molecule has 0 aliphatic carbocycles. The molecule has 1 aliphatic rings. The zero-order valence-corrected chi connectivity index (χ0v) is 13.3. The molecule has 124 valence electrons. The van der Waals surface area contributed by atoms with Crippen LogP contribution in [-0.4, -0.2) is 32.1 Å². The average Bonchev–Trinajstić information content (AvgIpc) is 2.61. The van der Waals surface area contributed by atoms with Crippen LogP contribution in [-0.2, 0) is 11.2 Å². The molecule has 0 spiro atoms. The molecular formula is C18H18N2O4. The van der Waals surface area contributed by atoms with Gasteiger partial charge in [0, 0.05) is 12.1 Å². The first-order valence-electron chi connectivity index (χ1n) is 7.63. The van der Waals surface area contributed by atoms with Gasteiger partial charge in [-0.05, 0) is 42.3 Å². The second kappa shape index (κ2) is 7.04. The van der Waals surface area contributed by atoms with Crippen LogP contribution in [0.4, 0.5) is 5.69 Å². The Hall–Kier alpha value is -3.02. The van der Waals surface area contributed by atoms with Gasteiger partial charge in [-0.25, -0.2) is 0 Å². The first-order chi connectivity index (χ1) is 11.7. The number of benzene rings is 2. The summed E-state index contributed by atoms with van der Waals surface area (Å²) >= 11 is 0. The van der Waals surface area contributed by atoms with E-state index in [9.17, 15) is 9.59 Å². The van der Waals surface area contributed by atoms with Gasteiger partial charge in [0.05, 0.1) is 12.8 Å². The van der Waals surface area contributed by atoms with Crippen LogP contribution in [0.3, 0.4) is 0 Å². The van der Waals surface area contributed by atoms with Gasteiger partial charge in [0.1, 0.15) is 11.5 Å². The number of hydrogen-bond donors (Lipinski definition) is 2. The quantitative estimate of drug-likeness (QED) is 0.881. The predicted molar refractivity (Wildman–Crippen MR) is 89.6 cm³/mol. The Morgan fingerprint density at radius 3 is 2.79 bits per heavy atom. The summed E-state index contributed by atoms with van der Waals surface area (Å²) < 4.78 is 10.4. The SMILES string of the molecule is COc1ccc(CCNC(=O)c2ccc3c(c2)OCC(=O)N3)cc1. The van der Waals surface area contributed by atoms with E-state index >= 15 is 0 Å². The summed E-state index contributed by atoms with van der Waals surface area (Å²) in [5.41, 5.74) is 2.20. The van der Waals surface area contributed by atoms with E-state index in [0.717, 1.165) is 17.7 Å². The number of rotatable bonds is 5. The third-order valence-electron chi connectivity index (χ3n) is 3.73. The minimum absolute atomic E-state index is 0.0322. The highest BCUT2D eigenvalue weighted by Gasteiger charge is 2.17. The van der Waals surface area contributed by atoms with E-state index in [2.05, 4.69) is 10.6 Å². The molecule has 0 radical (unpaired) electrons. The summed E-state index contributed by atoms with van der Waals surface area (Å²) in [6.45, 7) is 0.495. The molecule has 2 amide bonds. The van der Waals surface area contributed by atoms with E-state index in [1.807, 2.05) is 24.3 Å². The summed E-state index contributed by atoms with van der Waals surface area (Å²) in [5.74, 6) is 0.951. The summed E-state index contributed by atoms with van der Waals surface area (Å²) in [6.07, 6.45) is 0.729. The maximum absolute atomic E-state index is 12.2. The lowest BCUT2D eigenvalue weighted by molar-refractivity contribution is -0.118. The molecule has 0 atom stereocenters. The number of anilines is 1. The summed E-state index contributed by atoms with van der Waals surface area (Å²) in [7, 11) is 1.63. The Balaban J connectivity index is 1.56. The highest BCUT2D eigenvalue weighted by Crippen LogP contribution is 2.28. The van der Waals surface area contributed by atoms with E-state index in [1.165, 1.54) is 0 Å². The molecule has 0 saturated heterocycles. The van der Waals surface area contributed by atoms with E-state index < -0.39 is 0 Å². The van der Waals surface area contributed by atoms with Crippen LogP contribution < -0.4 is 20.1 Å². The van der Waals surface area contributed by atoms with E-state index in [-0.39, 0.29) is 18.4 Å². The normalized spacial score (nSPS) is 12.6. The summed E-state index contributed by atoms with van der Waals surface area (Å²) in [5, 5.41) is 5.57. The number of fused-ring (bicyclic) bond motifs is 1. The van der Waals surface area contributed by atoms with E-state index in [4.69, 9.17) is 9.47 Å². The smallest absolute Gasteiger partial charge is 0.262 e. The van der Waals surface area contributed by atoms with Crippen molar-refractivity contribution in [3.63, 3.8) is 0 Å². The summed E-state index contributed by atoms with van der Waals surface area (Å²) in [6, 6.07) is 12.7. The lowest BCUT2D eigenvalue weighted by Crippen LogP contribution is -2.27. The maximum Gasteiger partial charge on any atom is 0.262 e. The Kier molecular flexibility index (Phi) is 4.65. The van der Waals surface area contributed by atoms with E-state index in [1.54, 1.807) is 25.3 Å². The number of methoxy groups -OCH3 is 1. The second-order valence-electron chi connectivity index (χ2n) is 5.40. The molecule has 0 unspecified atom stereocenters. The Bertz CT molecular complexity index is 756. The van der Waals surface area contributed by atoms with Gasteiger partial charge in [-0.2, -0.15) is 0 Å². The van der Waals surface area contributed by atoms with Gasteiger partial charge in [-0.15, -0.1) is 0 Å². The van der Waals surface area contributed by atoms with Crippen LogP contribution in [0.5, 0.6) is 11.5 Å². The lowest BCUT2D eigenvalue weighted by atomic mass is 10.1. The van der Waals surface area contributed by atoms with Crippen molar-refractivity contribution in [3.05, 3.63) is 53.6 Å². The van der Waals surface area contributed by atoms with Crippen LogP contribution >= 0.6 is 0 Å². The zero-order valence-electron chi connectivity index (χ0n) is 13.3. The Morgan fingerprint density at radius 1 is 1.25 bits per heavy atom. The maximum atomic E-state index is 12.2. The molecular weight excluding hydrogens is 308 g/mol. The van der Waals surface area contributed by atoms with Crippen LogP contribution in [0.15, 0.2) is 42.5 Å². The molecule has 3 rings (SSSR count). The largest absolute Gasteiger partial charge is 0.497 e. The number of carbonyl (C=O) groups excluding carboxylic acids is 2. The molecule has 6 nitrogen and oxygen atoms in total. The molecule has 2 N–H and O–H groups in total. The van der Waals surface area contributed by atoms with Crippen molar-refractivity contribution >= 4 is 17.5 Å². The highest BCUT2D eigenvalue weighted by molar-refractivity contribution is 5.98. The third kappa shape index (κ3) is 3.65. The van der Waals surface area contributed by atoms with Gasteiger partial charge in [-0.1, -0.05) is 12.1 Å².